The van der Waals surface area contributed by atoms with Crippen LogP contribution in [0.3, 0.4) is 0 Å². The third-order valence-corrected chi connectivity index (χ3v) is 4.78. The van der Waals surface area contributed by atoms with E-state index in [4.69, 9.17) is 19.9 Å². The third-order valence-electron chi connectivity index (χ3n) is 4.78. The van der Waals surface area contributed by atoms with Gasteiger partial charge in [0.2, 0.25) is 5.88 Å². The van der Waals surface area contributed by atoms with E-state index in [1.807, 2.05) is 25.1 Å². The number of rotatable bonds is 6. The minimum Gasteiger partial charge on any atom is -0.490 e. The maximum Gasteiger partial charge on any atom is 0.205 e. The molecule has 1 aliphatic carbocycles. The lowest BCUT2D eigenvalue weighted by Crippen LogP contribution is -2.27. The summed E-state index contributed by atoms with van der Waals surface area (Å²) in [5, 5.41) is 9.68. The van der Waals surface area contributed by atoms with Crippen LogP contribution in [0.5, 0.6) is 11.5 Å². The van der Waals surface area contributed by atoms with Crippen molar-refractivity contribution in [1.29, 1.82) is 5.26 Å². The molecule has 0 saturated heterocycles. The van der Waals surface area contributed by atoms with E-state index in [1.54, 1.807) is 0 Å². The summed E-state index contributed by atoms with van der Waals surface area (Å²) in [4.78, 5) is 12.7. The second kappa shape index (κ2) is 8.39. The largest absolute Gasteiger partial charge is 0.490 e. The van der Waals surface area contributed by atoms with Crippen molar-refractivity contribution in [3.05, 3.63) is 46.6 Å². The molecule has 1 heterocycles. The van der Waals surface area contributed by atoms with E-state index in [0.29, 0.717) is 54.8 Å². The number of carbonyl (C=O) groups is 1. The van der Waals surface area contributed by atoms with Gasteiger partial charge in [-0.05, 0) is 37.0 Å². The predicted molar refractivity (Wildman–Crippen MR) is 104 cm³/mol. The van der Waals surface area contributed by atoms with E-state index >= 15 is 0 Å². The molecule has 0 aromatic heterocycles. The third kappa shape index (κ3) is 3.84. The highest BCUT2D eigenvalue weighted by molar-refractivity contribution is 5.99. The van der Waals surface area contributed by atoms with Crippen molar-refractivity contribution in [2.24, 2.45) is 11.7 Å². The molecule has 1 aromatic carbocycles. The topological polar surface area (TPSA) is 94.6 Å². The van der Waals surface area contributed by atoms with Crippen LogP contribution in [0, 0.1) is 17.2 Å². The number of hydrogen-bond donors (Lipinski definition) is 1. The van der Waals surface area contributed by atoms with Crippen molar-refractivity contribution in [2.45, 2.75) is 46.0 Å². The van der Waals surface area contributed by atoms with Crippen LogP contribution in [-0.2, 0) is 9.53 Å². The summed E-state index contributed by atoms with van der Waals surface area (Å²) < 4.78 is 17.3. The van der Waals surface area contributed by atoms with E-state index in [1.165, 1.54) is 0 Å². The smallest absolute Gasteiger partial charge is 0.205 e. The van der Waals surface area contributed by atoms with Crippen molar-refractivity contribution in [3.8, 4) is 17.6 Å². The van der Waals surface area contributed by atoms with Gasteiger partial charge in [-0.3, -0.25) is 4.79 Å². The standard InChI is InChI=1S/C22H26N2O4/c1-4-26-19-10-14(8-9-17(19)27-12-13(2)3)20-15(11-23)22(24)28-18-7-5-6-16(25)21(18)20/h8-10,13,20H,4-7,12,24H2,1-3H3/t20-/m0/s1. The van der Waals surface area contributed by atoms with Crippen molar-refractivity contribution in [1.82, 2.24) is 0 Å². The Morgan fingerprint density at radius 2 is 2.07 bits per heavy atom. The van der Waals surface area contributed by atoms with E-state index in [2.05, 4.69) is 19.9 Å². The van der Waals surface area contributed by atoms with Crippen molar-refractivity contribution >= 4 is 5.78 Å². The summed E-state index contributed by atoms with van der Waals surface area (Å²) in [5.41, 5.74) is 7.57. The van der Waals surface area contributed by atoms with Crippen LogP contribution in [-0.4, -0.2) is 19.0 Å². The van der Waals surface area contributed by atoms with Crippen molar-refractivity contribution in [2.75, 3.05) is 13.2 Å². The number of nitriles is 1. The van der Waals surface area contributed by atoms with Crippen LogP contribution in [0.15, 0.2) is 41.0 Å². The monoisotopic (exact) mass is 382 g/mol. The van der Waals surface area contributed by atoms with E-state index < -0.39 is 5.92 Å². The van der Waals surface area contributed by atoms with Gasteiger partial charge in [0.25, 0.3) is 0 Å². The zero-order chi connectivity index (χ0) is 20.3. The Kier molecular flexibility index (Phi) is 5.93. The van der Waals surface area contributed by atoms with Crippen LogP contribution < -0.4 is 15.2 Å². The molecule has 1 atom stereocenters. The molecule has 0 radical (unpaired) electrons. The lowest BCUT2D eigenvalue weighted by molar-refractivity contribution is -0.116. The van der Waals surface area contributed by atoms with E-state index in [0.717, 1.165) is 12.0 Å². The molecule has 6 nitrogen and oxygen atoms in total. The second-order valence-corrected chi connectivity index (χ2v) is 7.38. The average Bonchev–Trinajstić information content (AvgIpc) is 2.66. The zero-order valence-electron chi connectivity index (χ0n) is 16.6. The quantitative estimate of drug-likeness (QED) is 0.801. The van der Waals surface area contributed by atoms with Gasteiger partial charge in [-0.1, -0.05) is 19.9 Å². The summed E-state index contributed by atoms with van der Waals surface area (Å²) in [5.74, 6) is 1.73. The number of nitrogens with two attached hydrogens (primary N) is 1. The number of nitrogens with zero attached hydrogens (tertiary/aromatic N) is 1. The summed E-state index contributed by atoms with van der Waals surface area (Å²) >= 11 is 0. The molecule has 28 heavy (non-hydrogen) atoms. The molecule has 3 rings (SSSR count). The molecule has 1 aromatic rings. The lowest BCUT2D eigenvalue weighted by atomic mass is 9.77. The van der Waals surface area contributed by atoms with Crippen molar-refractivity contribution < 1.29 is 19.0 Å². The molecule has 1 aliphatic heterocycles. The predicted octanol–water partition coefficient (Wildman–Crippen LogP) is 3.93. The van der Waals surface area contributed by atoms with Gasteiger partial charge in [0.15, 0.2) is 17.3 Å². The first-order valence-corrected chi connectivity index (χ1v) is 9.69. The van der Waals surface area contributed by atoms with Gasteiger partial charge < -0.3 is 19.9 Å². The highest BCUT2D eigenvalue weighted by Gasteiger charge is 2.38. The van der Waals surface area contributed by atoms with Gasteiger partial charge in [-0.25, -0.2) is 0 Å². The number of Topliss-reactive ketones (excluding diaryl/α,β-unsaturated/α-hetero) is 1. The summed E-state index contributed by atoms with van der Waals surface area (Å²) in [7, 11) is 0. The zero-order valence-corrected chi connectivity index (χ0v) is 16.6. The summed E-state index contributed by atoms with van der Waals surface area (Å²) in [6, 6.07) is 7.67. The van der Waals surface area contributed by atoms with Gasteiger partial charge >= 0.3 is 0 Å². The van der Waals surface area contributed by atoms with Crippen molar-refractivity contribution in [3.63, 3.8) is 0 Å². The first-order valence-electron chi connectivity index (χ1n) is 9.69. The normalized spacial score (nSPS) is 19.2. The minimum absolute atomic E-state index is 0.00425. The number of ketones is 1. The fraction of sp³-hybridized carbons (Fsp3) is 0.455. The highest BCUT2D eigenvalue weighted by atomic mass is 16.5. The van der Waals surface area contributed by atoms with Crippen LogP contribution in [0.2, 0.25) is 0 Å². The fourth-order valence-electron chi connectivity index (χ4n) is 3.54. The molecule has 0 unspecified atom stereocenters. The lowest BCUT2D eigenvalue weighted by Gasteiger charge is -2.31. The molecular weight excluding hydrogens is 356 g/mol. The number of ether oxygens (including phenoxy) is 3. The summed E-state index contributed by atoms with van der Waals surface area (Å²) in [6.07, 6.45) is 1.82. The Bertz CT molecular complexity index is 877. The Balaban J connectivity index is 2.07. The molecular formula is C22H26N2O4. The molecule has 0 saturated carbocycles. The minimum atomic E-state index is -0.542. The molecule has 2 N–H and O–H groups in total. The fourth-order valence-corrected chi connectivity index (χ4v) is 3.54. The maximum absolute atomic E-state index is 12.7. The Hall–Kier alpha value is -2.94. The van der Waals surface area contributed by atoms with Gasteiger partial charge in [-0.15, -0.1) is 0 Å². The molecule has 148 valence electrons. The molecule has 6 heteroatoms. The van der Waals surface area contributed by atoms with E-state index in [9.17, 15) is 10.1 Å². The van der Waals surface area contributed by atoms with Gasteiger partial charge in [-0.2, -0.15) is 5.26 Å². The van der Waals surface area contributed by atoms with Crippen LogP contribution in [0.1, 0.15) is 51.5 Å². The SMILES string of the molecule is CCOc1cc([C@H]2C(C#N)=C(N)OC3=C2C(=O)CCC3)ccc1OCC(C)C. The second-order valence-electron chi connectivity index (χ2n) is 7.38. The number of carbonyl (C=O) groups excluding carboxylic acids is 1. The molecule has 0 amide bonds. The van der Waals surface area contributed by atoms with Crippen LogP contribution in [0.4, 0.5) is 0 Å². The van der Waals surface area contributed by atoms with Gasteiger partial charge in [0.05, 0.1) is 19.1 Å². The first kappa shape index (κ1) is 19.8. The Morgan fingerprint density at radius 1 is 1.29 bits per heavy atom. The number of allylic oxidation sites excluding steroid dienone is 3. The molecule has 0 spiro atoms. The molecule has 0 bridgehead atoms. The average molecular weight is 382 g/mol. The summed E-state index contributed by atoms with van der Waals surface area (Å²) in [6.45, 7) is 7.10. The van der Waals surface area contributed by atoms with E-state index in [-0.39, 0.29) is 17.2 Å². The number of benzene rings is 1. The van der Waals surface area contributed by atoms with Crippen LogP contribution >= 0.6 is 0 Å². The first-order chi connectivity index (χ1) is 13.5. The Morgan fingerprint density at radius 3 is 2.75 bits per heavy atom. The molecule has 2 aliphatic rings. The van der Waals surface area contributed by atoms with Gasteiger partial charge in [0.1, 0.15) is 17.4 Å². The van der Waals surface area contributed by atoms with Gasteiger partial charge in [0, 0.05) is 18.4 Å². The van der Waals surface area contributed by atoms with Crippen LogP contribution in [0.25, 0.3) is 0 Å². The Labute approximate surface area is 165 Å². The maximum atomic E-state index is 12.7. The molecule has 0 fully saturated rings. The number of hydrogen-bond acceptors (Lipinski definition) is 6. The highest BCUT2D eigenvalue weighted by Crippen LogP contribution is 2.45.